The lowest BCUT2D eigenvalue weighted by atomic mass is 9.68. The molecule has 0 unspecified atom stereocenters. The standard InChI is InChI=1S/C42H24O7/c43-38-23-39(44)34-21-26(11-15-30(34)38)47-28-13-17-36-32(19-28)33-20-29(48-27-12-16-31-35(22-27)41(46)49-40(31)45)14-18-37(33)42(36,24-7-3-1-4-8-24)25-9-5-2-6-10-25/h1-22H,23H2. The molecule has 3 aliphatic rings. The zero-order valence-corrected chi connectivity index (χ0v) is 25.8. The number of ether oxygens (including phenoxy) is 3. The number of fused-ring (bicyclic) bond motifs is 5. The van der Waals surface area contributed by atoms with Gasteiger partial charge in [0.05, 0.1) is 23.0 Å². The number of cyclic esters (lactones) is 2. The molecule has 0 radical (unpaired) electrons. The fraction of sp³-hybridized carbons (Fsp3) is 0.0476. The molecule has 6 aromatic rings. The molecule has 7 heteroatoms. The molecule has 0 amide bonds. The minimum Gasteiger partial charge on any atom is -0.457 e. The third-order valence-corrected chi connectivity index (χ3v) is 9.49. The monoisotopic (exact) mass is 640 g/mol. The van der Waals surface area contributed by atoms with Gasteiger partial charge >= 0.3 is 11.9 Å². The third-order valence-electron chi connectivity index (χ3n) is 9.49. The maximum Gasteiger partial charge on any atom is 0.347 e. The highest BCUT2D eigenvalue weighted by Crippen LogP contribution is 2.57. The summed E-state index contributed by atoms with van der Waals surface area (Å²) in [5, 5.41) is 0. The second kappa shape index (κ2) is 10.7. The third kappa shape index (κ3) is 4.36. The van der Waals surface area contributed by atoms with E-state index in [0.717, 1.165) is 33.4 Å². The molecule has 49 heavy (non-hydrogen) atoms. The van der Waals surface area contributed by atoms with Gasteiger partial charge in [-0.3, -0.25) is 9.59 Å². The van der Waals surface area contributed by atoms with Crippen molar-refractivity contribution in [3.05, 3.63) is 178 Å². The van der Waals surface area contributed by atoms with Crippen LogP contribution in [0.1, 0.15) is 70.1 Å². The first-order chi connectivity index (χ1) is 23.9. The molecule has 0 saturated heterocycles. The highest BCUT2D eigenvalue weighted by molar-refractivity contribution is 6.24. The van der Waals surface area contributed by atoms with Gasteiger partial charge in [0.15, 0.2) is 11.6 Å². The molecule has 0 spiro atoms. The molecule has 0 bridgehead atoms. The molecule has 0 saturated carbocycles. The fourth-order valence-corrected chi connectivity index (χ4v) is 7.38. The average Bonchev–Trinajstić information content (AvgIpc) is 3.69. The predicted molar refractivity (Wildman–Crippen MR) is 180 cm³/mol. The predicted octanol–water partition coefficient (Wildman–Crippen LogP) is 8.71. The summed E-state index contributed by atoms with van der Waals surface area (Å²) in [6, 6.07) is 42.3. The van der Waals surface area contributed by atoms with Crippen LogP contribution in [0.5, 0.6) is 23.0 Å². The molecule has 1 aliphatic heterocycles. The maximum absolute atomic E-state index is 12.4. The van der Waals surface area contributed by atoms with Gasteiger partial charge in [-0.05, 0) is 94.0 Å². The van der Waals surface area contributed by atoms with E-state index in [1.807, 2.05) is 60.7 Å². The van der Waals surface area contributed by atoms with Crippen LogP contribution in [0.25, 0.3) is 11.1 Å². The van der Waals surface area contributed by atoms with Crippen LogP contribution >= 0.6 is 0 Å². The molecule has 0 atom stereocenters. The Balaban J connectivity index is 1.20. The van der Waals surface area contributed by atoms with Crippen molar-refractivity contribution in [1.29, 1.82) is 0 Å². The van der Waals surface area contributed by atoms with E-state index in [0.29, 0.717) is 34.1 Å². The Kier molecular flexibility index (Phi) is 6.26. The fourth-order valence-electron chi connectivity index (χ4n) is 7.38. The lowest BCUT2D eigenvalue weighted by molar-refractivity contribution is 0.0443. The van der Waals surface area contributed by atoms with Gasteiger partial charge in [-0.2, -0.15) is 0 Å². The van der Waals surface area contributed by atoms with Crippen molar-refractivity contribution in [2.45, 2.75) is 11.8 Å². The molecule has 0 aromatic heterocycles. The number of hydrogen-bond acceptors (Lipinski definition) is 7. The van der Waals surface area contributed by atoms with Crippen molar-refractivity contribution in [3.63, 3.8) is 0 Å². The van der Waals surface area contributed by atoms with E-state index >= 15 is 0 Å². The summed E-state index contributed by atoms with van der Waals surface area (Å²) in [7, 11) is 0. The Morgan fingerprint density at radius 2 is 0.857 bits per heavy atom. The van der Waals surface area contributed by atoms with Crippen molar-refractivity contribution in [2.75, 3.05) is 0 Å². The van der Waals surface area contributed by atoms with Crippen molar-refractivity contribution in [1.82, 2.24) is 0 Å². The molecule has 0 fully saturated rings. The van der Waals surface area contributed by atoms with E-state index in [-0.39, 0.29) is 29.1 Å². The van der Waals surface area contributed by atoms with Gasteiger partial charge in [0.2, 0.25) is 0 Å². The molecule has 1 heterocycles. The van der Waals surface area contributed by atoms with Crippen LogP contribution in [0.4, 0.5) is 0 Å². The van der Waals surface area contributed by atoms with Gasteiger partial charge in [-0.15, -0.1) is 0 Å². The number of ketones is 2. The minimum atomic E-state index is -0.698. The van der Waals surface area contributed by atoms with Crippen molar-refractivity contribution in [3.8, 4) is 34.1 Å². The summed E-state index contributed by atoms with van der Waals surface area (Å²) in [6.45, 7) is 0. The molecule has 234 valence electrons. The highest BCUT2D eigenvalue weighted by Gasteiger charge is 2.46. The summed E-state index contributed by atoms with van der Waals surface area (Å²) in [4.78, 5) is 48.8. The smallest absolute Gasteiger partial charge is 0.347 e. The Labute approximate surface area is 280 Å². The summed E-state index contributed by atoms with van der Waals surface area (Å²) in [5.74, 6) is 0.200. The average molecular weight is 641 g/mol. The van der Waals surface area contributed by atoms with Crippen LogP contribution < -0.4 is 9.47 Å². The van der Waals surface area contributed by atoms with E-state index in [1.165, 1.54) is 12.1 Å². The number of carbonyl (C=O) groups is 4. The minimum absolute atomic E-state index is 0.118. The lowest BCUT2D eigenvalue weighted by Gasteiger charge is -2.33. The van der Waals surface area contributed by atoms with Crippen LogP contribution in [-0.2, 0) is 10.2 Å². The number of benzene rings is 6. The van der Waals surface area contributed by atoms with Crippen LogP contribution in [-0.4, -0.2) is 23.5 Å². The molecule has 9 rings (SSSR count). The number of Topliss-reactive ketones (excluding diaryl/α,β-unsaturated/α-hetero) is 2. The summed E-state index contributed by atoms with van der Waals surface area (Å²) in [5.41, 5.74) is 6.66. The van der Waals surface area contributed by atoms with Gasteiger partial charge in [0, 0.05) is 11.1 Å². The lowest BCUT2D eigenvalue weighted by Crippen LogP contribution is -2.28. The Morgan fingerprint density at radius 1 is 0.429 bits per heavy atom. The van der Waals surface area contributed by atoms with Crippen LogP contribution in [0.15, 0.2) is 133 Å². The number of carbonyl (C=O) groups excluding carboxylic acids is 4. The quantitative estimate of drug-likeness (QED) is 0.133. The van der Waals surface area contributed by atoms with Crippen molar-refractivity contribution in [2.24, 2.45) is 0 Å². The first-order valence-corrected chi connectivity index (χ1v) is 15.8. The van der Waals surface area contributed by atoms with Crippen molar-refractivity contribution < 1.29 is 33.4 Å². The molecular weight excluding hydrogens is 616 g/mol. The molecule has 7 nitrogen and oxygen atoms in total. The van der Waals surface area contributed by atoms with E-state index in [1.54, 1.807) is 24.3 Å². The van der Waals surface area contributed by atoms with Crippen LogP contribution in [0.3, 0.4) is 0 Å². The second-order valence-corrected chi connectivity index (χ2v) is 12.2. The SMILES string of the molecule is O=C1CC(=O)c2cc(Oc3ccc4c(c3)-c3cc(Oc5ccc6c(c5)C(=O)OC6=O)ccc3C4(c3ccccc3)c3ccccc3)ccc21. The Morgan fingerprint density at radius 3 is 1.41 bits per heavy atom. The maximum atomic E-state index is 12.4. The first-order valence-electron chi connectivity index (χ1n) is 15.8. The molecule has 6 aromatic carbocycles. The summed E-state index contributed by atoms with van der Waals surface area (Å²) < 4.78 is 17.4. The summed E-state index contributed by atoms with van der Waals surface area (Å²) in [6.07, 6.45) is -0.118. The van der Waals surface area contributed by atoms with Gasteiger partial charge in [0.1, 0.15) is 23.0 Å². The van der Waals surface area contributed by atoms with E-state index < -0.39 is 17.4 Å². The Bertz CT molecular complexity index is 2240. The highest BCUT2D eigenvalue weighted by atomic mass is 16.6. The van der Waals surface area contributed by atoms with E-state index in [9.17, 15) is 19.2 Å². The largest absolute Gasteiger partial charge is 0.457 e. The number of rotatable bonds is 6. The van der Waals surface area contributed by atoms with E-state index in [2.05, 4.69) is 36.4 Å². The van der Waals surface area contributed by atoms with Crippen molar-refractivity contribution >= 4 is 23.5 Å². The molecule has 0 N–H and O–H groups in total. The number of hydrogen-bond donors (Lipinski definition) is 0. The normalized spacial score (nSPS) is 14.9. The molecular formula is C42H24O7. The van der Waals surface area contributed by atoms with Gasteiger partial charge in [0.25, 0.3) is 0 Å². The number of esters is 2. The molecule has 2 aliphatic carbocycles. The second-order valence-electron chi connectivity index (χ2n) is 12.2. The van der Waals surface area contributed by atoms with Crippen LogP contribution in [0.2, 0.25) is 0 Å². The Hall–Kier alpha value is -6.60. The summed E-state index contributed by atoms with van der Waals surface area (Å²) >= 11 is 0. The zero-order valence-electron chi connectivity index (χ0n) is 25.8. The van der Waals surface area contributed by atoms with Crippen LogP contribution in [0, 0.1) is 0 Å². The zero-order chi connectivity index (χ0) is 33.3. The van der Waals surface area contributed by atoms with Gasteiger partial charge < -0.3 is 14.2 Å². The topological polar surface area (TPSA) is 96.0 Å². The van der Waals surface area contributed by atoms with E-state index in [4.69, 9.17) is 14.2 Å². The van der Waals surface area contributed by atoms with Gasteiger partial charge in [-0.1, -0.05) is 72.8 Å². The first kappa shape index (κ1) is 28.6. The van der Waals surface area contributed by atoms with Gasteiger partial charge in [-0.25, -0.2) is 9.59 Å².